The molecule has 0 aromatic heterocycles. The van der Waals surface area contributed by atoms with Crippen LogP contribution in [-0.2, 0) is 15.1 Å². The molecular formula is C15H22N2O2. The summed E-state index contributed by atoms with van der Waals surface area (Å²) >= 11 is 0. The van der Waals surface area contributed by atoms with Gasteiger partial charge in [-0.3, -0.25) is 10.1 Å². The summed E-state index contributed by atoms with van der Waals surface area (Å²) in [6.07, 6.45) is 2.46. The van der Waals surface area contributed by atoms with Crippen molar-refractivity contribution in [1.29, 1.82) is 0 Å². The van der Waals surface area contributed by atoms with E-state index in [1.54, 1.807) is 0 Å². The van der Waals surface area contributed by atoms with Crippen molar-refractivity contribution in [2.75, 3.05) is 19.8 Å². The zero-order chi connectivity index (χ0) is 13.7. The monoisotopic (exact) mass is 262 g/mol. The maximum atomic E-state index is 12.0. The Balaban J connectivity index is 2.16. The van der Waals surface area contributed by atoms with E-state index in [2.05, 4.69) is 5.32 Å². The molecule has 2 rings (SSSR count). The Kier molecular flexibility index (Phi) is 4.56. The van der Waals surface area contributed by atoms with Crippen LogP contribution in [0, 0.1) is 5.92 Å². The number of carbonyl (C=O) groups excluding carboxylic acids is 1. The summed E-state index contributed by atoms with van der Waals surface area (Å²) < 4.78 is 5.73. The van der Waals surface area contributed by atoms with Crippen molar-refractivity contribution in [2.24, 2.45) is 11.7 Å². The number of benzene rings is 1. The van der Waals surface area contributed by atoms with Crippen LogP contribution in [0.2, 0.25) is 0 Å². The molecule has 4 heteroatoms. The molecule has 104 valence electrons. The number of hydrogen-bond donors (Lipinski definition) is 2. The molecule has 4 nitrogen and oxygen atoms in total. The van der Waals surface area contributed by atoms with Crippen LogP contribution in [0.5, 0.6) is 0 Å². The van der Waals surface area contributed by atoms with E-state index in [9.17, 15) is 4.79 Å². The van der Waals surface area contributed by atoms with Crippen LogP contribution in [0.3, 0.4) is 0 Å². The lowest BCUT2D eigenvalue weighted by Crippen LogP contribution is -2.56. The zero-order valence-electron chi connectivity index (χ0n) is 11.4. The largest absolute Gasteiger partial charge is 0.378 e. The van der Waals surface area contributed by atoms with Gasteiger partial charge in [-0.25, -0.2) is 0 Å². The number of rotatable bonds is 8. The number of ether oxygens (including phenoxy) is 1. The first kappa shape index (κ1) is 14.0. The third-order valence-electron chi connectivity index (χ3n) is 3.53. The van der Waals surface area contributed by atoms with Crippen LogP contribution >= 0.6 is 0 Å². The van der Waals surface area contributed by atoms with Gasteiger partial charge in [0.1, 0.15) is 5.54 Å². The normalized spacial score (nSPS) is 17.9. The maximum absolute atomic E-state index is 12.0. The minimum atomic E-state index is -0.926. The molecule has 1 aromatic rings. The number of amides is 1. The molecule has 1 fully saturated rings. The van der Waals surface area contributed by atoms with Crippen LogP contribution in [0.25, 0.3) is 0 Å². The molecule has 0 spiro atoms. The van der Waals surface area contributed by atoms with Gasteiger partial charge in [-0.2, -0.15) is 0 Å². The molecule has 0 saturated heterocycles. The molecule has 1 aliphatic carbocycles. The second-order valence-corrected chi connectivity index (χ2v) is 5.12. The second-order valence-electron chi connectivity index (χ2n) is 5.12. The van der Waals surface area contributed by atoms with Gasteiger partial charge in [-0.1, -0.05) is 37.3 Å². The molecule has 0 heterocycles. The van der Waals surface area contributed by atoms with E-state index in [4.69, 9.17) is 10.5 Å². The first-order valence-corrected chi connectivity index (χ1v) is 6.87. The summed E-state index contributed by atoms with van der Waals surface area (Å²) in [7, 11) is 0. The van der Waals surface area contributed by atoms with Crippen LogP contribution in [0.1, 0.15) is 25.3 Å². The van der Waals surface area contributed by atoms with Crippen molar-refractivity contribution in [1.82, 2.24) is 5.32 Å². The predicted octanol–water partition coefficient (Wildman–Crippen LogP) is 1.40. The van der Waals surface area contributed by atoms with Gasteiger partial charge < -0.3 is 10.5 Å². The Labute approximate surface area is 114 Å². The highest BCUT2D eigenvalue weighted by molar-refractivity contribution is 5.86. The van der Waals surface area contributed by atoms with Crippen LogP contribution in [0.4, 0.5) is 0 Å². The number of nitrogens with one attached hydrogen (secondary N) is 1. The molecule has 1 saturated carbocycles. The lowest BCUT2D eigenvalue weighted by molar-refractivity contribution is -0.127. The highest BCUT2D eigenvalue weighted by atomic mass is 16.5. The first-order chi connectivity index (χ1) is 9.19. The molecule has 19 heavy (non-hydrogen) atoms. The van der Waals surface area contributed by atoms with Crippen molar-refractivity contribution < 1.29 is 9.53 Å². The molecule has 0 aliphatic heterocycles. The lowest BCUT2D eigenvalue weighted by Gasteiger charge is -2.31. The predicted molar refractivity (Wildman–Crippen MR) is 74.5 cm³/mol. The van der Waals surface area contributed by atoms with Gasteiger partial charge in [-0.15, -0.1) is 0 Å². The van der Waals surface area contributed by atoms with Gasteiger partial charge in [0.15, 0.2) is 0 Å². The molecule has 0 bridgehead atoms. The maximum Gasteiger partial charge on any atom is 0.244 e. The summed E-state index contributed by atoms with van der Waals surface area (Å²) in [6.45, 7) is 3.62. The third-order valence-corrected chi connectivity index (χ3v) is 3.53. The Morgan fingerprint density at radius 2 is 2.11 bits per heavy atom. The van der Waals surface area contributed by atoms with Gasteiger partial charge in [0.25, 0.3) is 0 Å². The number of likely N-dealkylation sites (N-methyl/N-ethyl adjacent to an activating group) is 1. The van der Waals surface area contributed by atoms with E-state index < -0.39 is 11.4 Å². The Morgan fingerprint density at radius 3 is 2.63 bits per heavy atom. The number of hydrogen-bond acceptors (Lipinski definition) is 3. The topological polar surface area (TPSA) is 64.3 Å². The summed E-state index contributed by atoms with van der Waals surface area (Å²) in [4.78, 5) is 12.0. The van der Waals surface area contributed by atoms with Gasteiger partial charge in [0, 0.05) is 6.61 Å². The zero-order valence-corrected chi connectivity index (χ0v) is 11.4. The van der Waals surface area contributed by atoms with E-state index in [-0.39, 0.29) is 6.61 Å². The highest BCUT2D eigenvalue weighted by Crippen LogP contribution is 2.30. The smallest absolute Gasteiger partial charge is 0.244 e. The van der Waals surface area contributed by atoms with E-state index in [0.29, 0.717) is 19.1 Å². The summed E-state index contributed by atoms with van der Waals surface area (Å²) in [5, 5.41) is 3.21. The van der Waals surface area contributed by atoms with Gasteiger partial charge in [-0.05, 0) is 30.9 Å². The first-order valence-electron chi connectivity index (χ1n) is 6.87. The van der Waals surface area contributed by atoms with Crippen LogP contribution in [0.15, 0.2) is 30.3 Å². The van der Waals surface area contributed by atoms with Crippen LogP contribution in [-0.4, -0.2) is 25.7 Å². The summed E-state index contributed by atoms with van der Waals surface area (Å²) in [6, 6.07) is 9.56. The van der Waals surface area contributed by atoms with Gasteiger partial charge in [0.2, 0.25) is 5.91 Å². The van der Waals surface area contributed by atoms with Crippen molar-refractivity contribution in [3.05, 3.63) is 35.9 Å². The van der Waals surface area contributed by atoms with Crippen molar-refractivity contribution in [2.45, 2.75) is 25.3 Å². The molecular weight excluding hydrogens is 240 g/mol. The number of carbonyl (C=O) groups is 1. The quantitative estimate of drug-likeness (QED) is 0.744. The van der Waals surface area contributed by atoms with E-state index in [0.717, 1.165) is 5.56 Å². The van der Waals surface area contributed by atoms with Crippen molar-refractivity contribution in [3.63, 3.8) is 0 Å². The minimum Gasteiger partial charge on any atom is -0.378 e. The summed E-state index contributed by atoms with van der Waals surface area (Å²) in [5.74, 6) is 0.277. The van der Waals surface area contributed by atoms with E-state index in [1.165, 1.54) is 12.8 Å². The Hall–Kier alpha value is -1.39. The molecule has 0 radical (unpaired) electrons. The van der Waals surface area contributed by atoms with Gasteiger partial charge in [0.05, 0.1) is 6.61 Å². The Morgan fingerprint density at radius 1 is 1.42 bits per heavy atom. The van der Waals surface area contributed by atoms with Crippen molar-refractivity contribution in [3.8, 4) is 0 Å². The fourth-order valence-electron chi connectivity index (χ4n) is 2.22. The number of primary amides is 1. The van der Waals surface area contributed by atoms with E-state index >= 15 is 0 Å². The Bertz CT molecular complexity index is 417. The molecule has 1 atom stereocenters. The second kappa shape index (κ2) is 6.17. The molecule has 1 unspecified atom stereocenters. The molecule has 1 amide bonds. The lowest BCUT2D eigenvalue weighted by atomic mass is 9.89. The highest BCUT2D eigenvalue weighted by Gasteiger charge is 2.38. The molecule has 1 aromatic carbocycles. The molecule has 1 aliphatic rings. The van der Waals surface area contributed by atoms with E-state index in [1.807, 2.05) is 37.3 Å². The van der Waals surface area contributed by atoms with Gasteiger partial charge >= 0.3 is 0 Å². The fourth-order valence-corrected chi connectivity index (χ4v) is 2.22. The molecule has 3 N–H and O–H groups in total. The summed E-state index contributed by atoms with van der Waals surface area (Å²) in [5.41, 5.74) is 5.58. The average molecular weight is 262 g/mol. The standard InChI is InChI=1S/C15H22N2O2/c1-2-17-15(14(16)18,11-19-10-12-8-9-12)13-6-4-3-5-7-13/h3-7,12,17H,2,8-11H2,1H3,(H2,16,18). The van der Waals surface area contributed by atoms with Crippen LogP contribution < -0.4 is 11.1 Å². The average Bonchev–Trinajstić information content (AvgIpc) is 3.22. The minimum absolute atomic E-state index is 0.288. The fraction of sp³-hybridized carbons (Fsp3) is 0.533. The van der Waals surface area contributed by atoms with Crippen molar-refractivity contribution >= 4 is 5.91 Å². The number of nitrogens with two attached hydrogens (primary N) is 1. The third kappa shape index (κ3) is 3.33. The SMILES string of the molecule is CCNC(COCC1CC1)(C(N)=O)c1ccccc1.